The standard InChI is InChI=1S/C55H72N2O13/c1-38-16-12-14-30-56(36-39(38)2)51(61)26-28-54(64)69-43-32-42(33-44(34-43)70-55(65)29-27-52(62)57-31-15-13-20-49(66-3)50(37-57)67-4)68-53(63)21-11-6-5-10-19-45-46(48(60)35-47(45)59)25-24-41(58)23-22-40-17-8-7-9-18-40/h5,7-10,17-18,32-34,38-39,41,45-50,58-60H,6,11,14-15,19,21-31,35-37H2,1-4H3/b10-5-/t38-,39-,41-,45+,46+,47-,48+,49-,50-/m0/s1. The molecule has 5 rings (SSSR count). The Morgan fingerprint density at radius 1 is 0.714 bits per heavy atom. The number of aliphatic hydroxyl groups excluding tert-OH is 3. The number of esters is 3. The van der Waals surface area contributed by atoms with Gasteiger partial charge in [0.1, 0.15) is 29.5 Å². The van der Waals surface area contributed by atoms with Gasteiger partial charge in [-0.25, -0.2) is 0 Å². The number of ether oxygens (including phenoxy) is 5. The summed E-state index contributed by atoms with van der Waals surface area (Å²) in [6, 6.07) is 13.9. The van der Waals surface area contributed by atoms with Crippen LogP contribution < -0.4 is 14.2 Å². The lowest BCUT2D eigenvalue weighted by atomic mass is 9.85. The first-order valence-corrected chi connectivity index (χ1v) is 24.8. The lowest BCUT2D eigenvalue weighted by molar-refractivity contribution is -0.140. The van der Waals surface area contributed by atoms with E-state index in [1.165, 1.54) is 32.4 Å². The molecule has 0 radical (unpaired) electrons. The molecule has 2 amide bonds. The second-order valence-corrected chi connectivity index (χ2v) is 18.6. The predicted molar refractivity (Wildman–Crippen MR) is 261 cm³/mol. The minimum atomic E-state index is -0.750. The van der Waals surface area contributed by atoms with Crippen LogP contribution >= 0.6 is 0 Å². The van der Waals surface area contributed by atoms with Crippen molar-refractivity contribution in [3.05, 3.63) is 66.2 Å². The van der Waals surface area contributed by atoms with Crippen LogP contribution in [0.3, 0.4) is 0 Å². The van der Waals surface area contributed by atoms with Gasteiger partial charge in [-0.1, -0.05) is 74.1 Å². The summed E-state index contributed by atoms with van der Waals surface area (Å²) < 4.78 is 27.8. The van der Waals surface area contributed by atoms with Gasteiger partial charge in [0.2, 0.25) is 11.8 Å². The van der Waals surface area contributed by atoms with Crippen LogP contribution in [0, 0.1) is 47.4 Å². The van der Waals surface area contributed by atoms with Crippen molar-refractivity contribution in [2.75, 3.05) is 40.4 Å². The fourth-order valence-corrected chi connectivity index (χ4v) is 9.04. The molecule has 15 heteroatoms. The van der Waals surface area contributed by atoms with E-state index in [0.29, 0.717) is 77.4 Å². The Kier molecular flexibility index (Phi) is 22.9. The van der Waals surface area contributed by atoms with Crippen LogP contribution in [-0.4, -0.2) is 126 Å². The number of hydrogen-bond donors (Lipinski definition) is 3. The molecule has 3 aliphatic rings. The van der Waals surface area contributed by atoms with E-state index in [0.717, 1.165) is 12.0 Å². The molecule has 2 aliphatic heterocycles. The molecule has 70 heavy (non-hydrogen) atoms. The Balaban J connectivity index is 1.14. The summed E-state index contributed by atoms with van der Waals surface area (Å²) in [6.07, 6.45) is 5.69. The summed E-state index contributed by atoms with van der Waals surface area (Å²) in [5, 5.41) is 32.1. The van der Waals surface area contributed by atoms with E-state index in [1.807, 2.05) is 56.3 Å². The normalized spacial score (nSPS) is 23.9. The number of allylic oxidation sites excluding steroid dienone is 2. The molecule has 15 nitrogen and oxygen atoms in total. The van der Waals surface area contributed by atoms with Gasteiger partial charge in [0.25, 0.3) is 0 Å². The first-order chi connectivity index (χ1) is 33.7. The number of aliphatic hydroxyl groups is 3. The number of benzene rings is 2. The Labute approximate surface area is 413 Å². The van der Waals surface area contributed by atoms with Gasteiger partial charge in [-0.15, -0.1) is 5.92 Å². The van der Waals surface area contributed by atoms with Crippen molar-refractivity contribution in [3.63, 3.8) is 0 Å². The first-order valence-electron chi connectivity index (χ1n) is 24.8. The van der Waals surface area contributed by atoms with Crippen molar-refractivity contribution in [1.82, 2.24) is 9.80 Å². The molecule has 3 N–H and O–H groups in total. The minimum absolute atomic E-state index is 0.0264. The fourth-order valence-electron chi connectivity index (χ4n) is 9.04. The highest BCUT2D eigenvalue weighted by Crippen LogP contribution is 2.39. The van der Waals surface area contributed by atoms with Crippen molar-refractivity contribution in [3.8, 4) is 40.9 Å². The third-order valence-corrected chi connectivity index (χ3v) is 13.4. The number of unbranched alkanes of at least 4 members (excludes halogenated alkanes) is 1. The highest BCUT2D eigenvalue weighted by Gasteiger charge is 2.40. The Morgan fingerprint density at radius 2 is 1.29 bits per heavy atom. The number of nitrogens with zero attached hydrogens (tertiary/aromatic N) is 2. The maximum atomic E-state index is 13.2. The molecular weight excluding hydrogens is 897 g/mol. The van der Waals surface area contributed by atoms with Gasteiger partial charge in [0, 0.05) is 90.1 Å². The van der Waals surface area contributed by atoms with Gasteiger partial charge < -0.3 is 48.8 Å². The molecule has 2 heterocycles. The maximum absolute atomic E-state index is 13.2. The van der Waals surface area contributed by atoms with Gasteiger partial charge >= 0.3 is 17.9 Å². The highest BCUT2D eigenvalue weighted by atomic mass is 16.6. The molecule has 1 aliphatic carbocycles. The Hall–Kier alpha value is -5.55. The lowest BCUT2D eigenvalue weighted by Gasteiger charge is -2.30. The molecule has 1 fully saturated rings. The molecule has 0 unspecified atom stereocenters. The van der Waals surface area contributed by atoms with E-state index < -0.39 is 48.4 Å². The predicted octanol–water partition coefficient (Wildman–Crippen LogP) is 5.99. The van der Waals surface area contributed by atoms with Crippen LogP contribution in [-0.2, 0) is 39.9 Å². The second-order valence-electron chi connectivity index (χ2n) is 18.6. The Bertz CT molecular complexity index is 2190. The monoisotopic (exact) mass is 969 g/mol. The number of amides is 2. The summed E-state index contributed by atoms with van der Waals surface area (Å²) in [6.45, 7) is 5.64. The van der Waals surface area contributed by atoms with Crippen LogP contribution in [0.15, 0.2) is 60.7 Å². The first kappa shape index (κ1) is 55.4. The summed E-state index contributed by atoms with van der Waals surface area (Å²) in [5.74, 6) is 9.57. The SMILES string of the molecule is CO[C@H]1C#CCCN(C(=O)CCC(=O)Oc2cc(OC(=O)CCC/C=C\C[C@@H]3[C@@H](CC[C@@H](O)CCc4ccccc4)[C@H](O)C[C@@H]3O)cc(OC(=O)CCC(=O)N3CCC#C[C@H](C)[C@@H](C)C3)c2)C[C@@H]1OC. The number of rotatable bonds is 23. The summed E-state index contributed by atoms with van der Waals surface area (Å²) in [4.78, 5) is 69.1. The number of methoxy groups -OCH3 is 2. The largest absolute Gasteiger partial charge is 0.426 e. The molecular formula is C55H72N2O13. The molecule has 0 bridgehead atoms. The van der Waals surface area contributed by atoms with Crippen LogP contribution in [0.1, 0.15) is 109 Å². The van der Waals surface area contributed by atoms with E-state index in [1.54, 1.807) is 9.80 Å². The smallest absolute Gasteiger partial charge is 0.311 e. The maximum Gasteiger partial charge on any atom is 0.311 e. The quantitative estimate of drug-likeness (QED) is 0.0387. The molecule has 0 aromatic heterocycles. The van der Waals surface area contributed by atoms with Crippen molar-refractivity contribution >= 4 is 29.7 Å². The molecule has 0 spiro atoms. The topological polar surface area (TPSA) is 199 Å². The van der Waals surface area contributed by atoms with Crippen molar-refractivity contribution < 1.29 is 63.0 Å². The Morgan fingerprint density at radius 3 is 1.89 bits per heavy atom. The highest BCUT2D eigenvalue weighted by molar-refractivity contribution is 5.83. The van der Waals surface area contributed by atoms with Crippen LogP contribution in [0.4, 0.5) is 0 Å². The summed E-state index contributed by atoms with van der Waals surface area (Å²) >= 11 is 0. The zero-order valence-corrected chi connectivity index (χ0v) is 41.2. The van der Waals surface area contributed by atoms with Crippen LogP contribution in [0.2, 0.25) is 0 Å². The third kappa shape index (κ3) is 18.3. The van der Waals surface area contributed by atoms with Gasteiger partial charge in [-0.05, 0) is 74.7 Å². The molecule has 0 saturated heterocycles. The van der Waals surface area contributed by atoms with E-state index in [-0.39, 0.29) is 91.4 Å². The average molecular weight is 969 g/mol. The van der Waals surface area contributed by atoms with E-state index >= 15 is 0 Å². The second kappa shape index (κ2) is 29.0. The molecule has 2 aromatic carbocycles. The van der Waals surface area contributed by atoms with Gasteiger partial charge in [0.15, 0.2) is 0 Å². The van der Waals surface area contributed by atoms with Gasteiger partial charge in [-0.3, -0.25) is 24.0 Å². The number of carbonyl (C=O) groups is 5. The number of aryl methyl sites for hydroxylation is 1. The zero-order valence-electron chi connectivity index (χ0n) is 41.2. The van der Waals surface area contributed by atoms with E-state index in [2.05, 4.69) is 23.7 Å². The summed E-state index contributed by atoms with van der Waals surface area (Å²) in [5.41, 5.74) is 1.16. The minimum Gasteiger partial charge on any atom is -0.426 e. The zero-order chi connectivity index (χ0) is 50.4. The number of carbonyl (C=O) groups excluding carboxylic acids is 5. The van der Waals surface area contributed by atoms with Crippen LogP contribution in [0.25, 0.3) is 0 Å². The number of hydrogen-bond acceptors (Lipinski definition) is 13. The van der Waals surface area contributed by atoms with Crippen molar-refractivity contribution in [1.29, 1.82) is 0 Å². The molecule has 9 atom stereocenters. The van der Waals surface area contributed by atoms with E-state index in [4.69, 9.17) is 23.7 Å². The van der Waals surface area contributed by atoms with Crippen molar-refractivity contribution in [2.24, 2.45) is 23.7 Å². The fraction of sp³-hybridized carbons (Fsp3) is 0.582. The van der Waals surface area contributed by atoms with E-state index in [9.17, 15) is 39.3 Å². The third-order valence-electron chi connectivity index (χ3n) is 13.4. The van der Waals surface area contributed by atoms with Gasteiger partial charge in [-0.2, -0.15) is 0 Å². The van der Waals surface area contributed by atoms with Crippen LogP contribution in [0.5, 0.6) is 17.2 Å². The van der Waals surface area contributed by atoms with Gasteiger partial charge in [0.05, 0.1) is 37.7 Å². The van der Waals surface area contributed by atoms with Crippen molar-refractivity contribution in [2.45, 2.75) is 141 Å². The average Bonchev–Trinajstić information content (AvgIpc) is 3.60. The molecule has 1 saturated carbocycles. The summed E-state index contributed by atoms with van der Waals surface area (Å²) in [7, 11) is 3.03. The molecule has 380 valence electrons. The molecule has 2 aromatic rings. The lowest BCUT2D eigenvalue weighted by Crippen LogP contribution is -2.45.